The van der Waals surface area contributed by atoms with Crippen LogP contribution in [0.15, 0.2) is 23.3 Å². The monoisotopic (exact) mass is 231 g/mol. The lowest BCUT2D eigenvalue weighted by molar-refractivity contribution is 0.684. The van der Waals surface area contributed by atoms with Gasteiger partial charge in [-0.1, -0.05) is 0 Å². The summed E-state index contributed by atoms with van der Waals surface area (Å²) in [5, 5.41) is 0. The molecule has 0 aliphatic carbocycles. The van der Waals surface area contributed by atoms with Gasteiger partial charge in [-0.3, -0.25) is 4.57 Å². The predicted molar refractivity (Wildman–Crippen MR) is 63.5 cm³/mol. The number of nitrogens with two attached hydrogens (primary N) is 1. The summed E-state index contributed by atoms with van der Waals surface area (Å²) in [6, 6.07) is 1.68. The average molecular weight is 231 g/mol. The molecule has 0 bridgehead atoms. The highest BCUT2D eigenvalue weighted by molar-refractivity contribution is 5.29. The number of aromatic nitrogens is 4. The van der Waals surface area contributed by atoms with E-state index in [2.05, 4.69) is 15.0 Å². The molecule has 6 heteroatoms. The lowest BCUT2D eigenvalue weighted by atomic mass is 10.4. The van der Waals surface area contributed by atoms with E-state index >= 15 is 0 Å². The Morgan fingerprint density at radius 1 is 1.35 bits per heavy atom. The molecule has 0 unspecified atom stereocenters. The van der Waals surface area contributed by atoms with Gasteiger partial charge in [-0.15, -0.1) is 0 Å². The molecule has 2 aromatic heterocycles. The second-order valence-corrected chi connectivity index (χ2v) is 3.89. The van der Waals surface area contributed by atoms with Crippen molar-refractivity contribution >= 4 is 5.82 Å². The molecule has 2 aromatic rings. The highest BCUT2D eigenvalue weighted by atomic mass is 16.1. The van der Waals surface area contributed by atoms with Crippen LogP contribution in [-0.4, -0.2) is 19.5 Å². The molecule has 2 heterocycles. The first-order chi connectivity index (χ1) is 8.04. The van der Waals surface area contributed by atoms with Crippen molar-refractivity contribution in [3.05, 3.63) is 46.0 Å². The number of nitrogens with zero attached hydrogens (tertiary/aromatic N) is 4. The number of aryl methyl sites for hydroxylation is 2. The van der Waals surface area contributed by atoms with Crippen LogP contribution in [0.4, 0.5) is 5.82 Å². The molecule has 0 aliphatic rings. The summed E-state index contributed by atoms with van der Waals surface area (Å²) >= 11 is 0. The Balaban J connectivity index is 2.37. The summed E-state index contributed by atoms with van der Waals surface area (Å²) in [6.07, 6.45) is 3.25. The van der Waals surface area contributed by atoms with Gasteiger partial charge in [0.1, 0.15) is 5.82 Å². The Morgan fingerprint density at radius 3 is 2.82 bits per heavy atom. The highest BCUT2D eigenvalue weighted by Gasteiger charge is 2.03. The topological polar surface area (TPSA) is 86.7 Å². The average Bonchev–Trinajstić information content (AvgIpc) is 2.22. The summed E-state index contributed by atoms with van der Waals surface area (Å²) < 4.78 is 1.46. The largest absolute Gasteiger partial charge is 0.384 e. The number of hydrogen-bond donors (Lipinski definition) is 1. The van der Waals surface area contributed by atoms with E-state index in [1.165, 1.54) is 10.8 Å². The highest BCUT2D eigenvalue weighted by Crippen LogP contribution is 2.03. The summed E-state index contributed by atoms with van der Waals surface area (Å²) in [4.78, 5) is 23.6. The molecule has 2 N–H and O–H groups in total. The first kappa shape index (κ1) is 11.3. The molecule has 0 atom stereocenters. The van der Waals surface area contributed by atoms with E-state index in [9.17, 15) is 4.79 Å². The van der Waals surface area contributed by atoms with E-state index < -0.39 is 0 Å². The zero-order chi connectivity index (χ0) is 12.4. The van der Waals surface area contributed by atoms with Crippen molar-refractivity contribution in [1.82, 2.24) is 19.5 Å². The molecular formula is C11H13N5O. The molecule has 0 aliphatic heterocycles. The maximum atomic E-state index is 11.5. The molecule has 0 radical (unpaired) electrons. The van der Waals surface area contributed by atoms with Gasteiger partial charge in [0.15, 0.2) is 5.82 Å². The van der Waals surface area contributed by atoms with Crippen LogP contribution in [0.1, 0.15) is 17.1 Å². The predicted octanol–water partition coefficient (Wildman–Crippen LogP) is 0.281. The molecule has 0 aromatic carbocycles. The fourth-order valence-electron chi connectivity index (χ4n) is 1.56. The Morgan fingerprint density at radius 2 is 2.12 bits per heavy atom. The van der Waals surface area contributed by atoms with Crippen molar-refractivity contribution < 1.29 is 0 Å². The number of rotatable bonds is 2. The molecule has 0 saturated heterocycles. The number of nitrogen functional groups attached to an aromatic ring is 1. The van der Waals surface area contributed by atoms with E-state index in [1.807, 2.05) is 13.8 Å². The van der Waals surface area contributed by atoms with Crippen molar-refractivity contribution in [2.24, 2.45) is 0 Å². The van der Waals surface area contributed by atoms with E-state index in [0.717, 1.165) is 11.3 Å². The van der Waals surface area contributed by atoms with Crippen molar-refractivity contribution in [2.75, 3.05) is 5.73 Å². The number of hydrogen-bond acceptors (Lipinski definition) is 5. The smallest absolute Gasteiger partial charge is 0.347 e. The summed E-state index contributed by atoms with van der Waals surface area (Å²) in [5.74, 6) is 0.915. The lowest BCUT2D eigenvalue weighted by Crippen LogP contribution is -2.24. The van der Waals surface area contributed by atoms with Crippen LogP contribution < -0.4 is 11.4 Å². The summed E-state index contributed by atoms with van der Waals surface area (Å²) in [6.45, 7) is 3.98. The van der Waals surface area contributed by atoms with Crippen LogP contribution in [0.2, 0.25) is 0 Å². The molecule has 0 amide bonds. The first-order valence-electron chi connectivity index (χ1n) is 5.18. The van der Waals surface area contributed by atoms with Crippen LogP contribution in [0.5, 0.6) is 0 Å². The van der Waals surface area contributed by atoms with Gasteiger partial charge >= 0.3 is 5.69 Å². The third-order valence-corrected chi connectivity index (χ3v) is 2.22. The molecule has 88 valence electrons. The van der Waals surface area contributed by atoms with Crippen molar-refractivity contribution in [1.29, 1.82) is 0 Å². The van der Waals surface area contributed by atoms with E-state index in [1.54, 1.807) is 12.3 Å². The van der Waals surface area contributed by atoms with Crippen LogP contribution in [0.25, 0.3) is 0 Å². The van der Waals surface area contributed by atoms with Crippen molar-refractivity contribution in [2.45, 2.75) is 20.4 Å². The van der Waals surface area contributed by atoms with Crippen LogP contribution >= 0.6 is 0 Å². The molecule has 0 fully saturated rings. The zero-order valence-electron chi connectivity index (χ0n) is 9.71. The minimum absolute atomic E-state index is 0.277. The van der Waals surface area contributed by atoms with Gasteiger partial charge in [0, 0.05) is 24.2 Å². The van der Waals surface area contributed by atoms with Gasteiger partial charge in [0.05, 0.1) is 6.54 Å². The molecule has 2 rings (SSSR count). The van der Waals surface area contributed by atoms with E-state index in [4.69, 9.17) is 5.73 Å². The minimum atomic E-state index is -0.320. The van der Waals surface area contributed by atoms with Crippen LogP contribution in [0, 0.1) is 13.8 Å². The molecular weight excluding hydrogens is 218 g/mol. The second kappa shape index (κ2) is 4.32. The zero-order valence-corrected chi connectivity index (χ0v) is 9.71. The SMILES string of the molecule is Cc1cnc(=O)n(Cc2nc(C)cc(N)n2)c1. The minimum Gasteiger partial charge on any atom is -0.384 e. The number of anilines is 1. The van der Waals surface area contributed by atoms with E-state index in [-0.39, 0.29) is 12.2 Å². The molecule has 17 heavy (non-hydrogen) atoms. The second-order valence-electron chi connectivity index (χ2n) is 3.89. The normalized spacial score (nSPS) is 10.5. The van der Waals surface area contributed by atoms with Crippen LogP contribution in [0.3, 0.4) is 0 Å². The maximum absolute atomic E-state index is 11.5. The maximum Gasteiger partial charge on any atom is 0.347 e. The van der Waals surface area contributed by atoms with Gasteiger partial charge in [-0.2, -0.15) is 0 Å². The summed E-state index contributed by atoms with van der Waals surface area (Å²) in [5.41, 5.74) is 6.99. The lowest BCUT2D eigenvalue weighted by Gasteiger charge is -2.06. The Labute approximate surface area is 98.2 Å². The van der Waals surface area contributed by atoms with Crippen molar-refractivity contribution in [3.63, 3.8) is 0 Å². The quantitative estimate of drug-likeness (QED) is 0.802. The van der Waals surface area contributed by atoms with Crippen molar-refractivity contribution in [3.8, 4) is 0 Å². The molecule has 0 saturated carbocycles. The Hall–Kier alpha value is -2.24. The summed E-state index contributed by atoms with van der Waals surface area (Å²) in [7, 11) is 0. The van der Waals surface area contributed by atoms with Crippen LogP contribution in [-0.2, 0) is 6.54 Å². The Kier molecular flexibility index (Phi) is 2.86. The van der Waals surface area contributed by atoms with Gasteiger partial charge in [0.2, 0.25) is 0 Å². The van der Waals surface area contributed by atoms with Gasteiger partial charge < -0.3 is 5.73 Å². The molecule has 6 nitrogen and oxygen atoms in total. The third kappa shape index (κ3) is 2.66. The Bertz CT molecular complexity index is 585. The van der Waals surface area contributed by atoms with E-state index in [0.29, 0.717) is 11.6 Å². The fraction of sp³-hybridized carbons (Fsp3) is 0.273. The fourth-order valence-corrected chi connectivity index (χ4v) is 1.56. The third-order valence-electron chi connectivity index (χ3n) is 2.22. The standard InChI is InChI=1S/C11H13N5O/c1-7-4-13-11(17)16(5-7)6-10-14-8(2)3-9(12)15-10/h3-5H,6H2,1-2H3,(H2,12,14,15). The van der Waals surface area contributed by atoms with Gasteiger partial charge in [0.25, 0.3) is 0 Å². The molecule has 0 spiro atoms. The first-order valence-corrected chi connectivity index (χ1v) is 5.18. The van der Waals surface area contributed by atoms with Gasteiger partial charge in [-0.25, -0.2) is 19.7 Å². The van der Waals surface area contributed by atoms with Gasteiger partial charge in [-0.05, 0) is 19.4 Å².